The summed E-state index contributed by atoms with van der Waals surface area (Å²) < 4.78 is 0. The Kier molecular flexibility index (Phi) is 4.20. The molecule has 4 nitrogen and oxygen atoms in total. The number of imide groups is 1. The molecule has 1 aliphatic rings. The number of amides is 2. The molecule has 3 rings (SSSR count). The quantitative estimate of drug-likeness (QED) is 0.362. The van der Waals surface area contributed by atoms with Gasteiger partial charge in [0.2, 0.25) is 0 Å². The Morgan fingerprint density at radius 3 is 2.22 bits per heavy atom. The third-order valence-electron chi connectivity index (χ3n) is 3.98. The Balaban J connectivity index is 2.18. The van der Waals surface area contributed by atoms with E-state index in [0.717, 1.165) is 10.4 Å². The van der Waals surface area contributed by atoms with Crippen LogP contribution < -0.4 is 0 Å². The number of carbonyl (C=O) groups excluding carboxylic acids is 2. The second-order valence-electron chi connectivity index (χ2n) is 5.38. The maximum absolute atomic E-state index is 12.9. The first-order chi connectivity index (χ1) is 11.1. The largest absolute Gasteiger partial charge is 0.276 e. The van der Waals surface area contributed by atoms with Crippen molar-refractivity contribution in [1.29, 1.82) is 0 Å². The summed E-state index contributed by atoms with van der Waals surface area (Å²) in [6.07, 6.45) is 2.23. The second-order valence-corrected chi connectivity index (χ2v) is 5.89. The van der Waals surface area contributed by atoms with Gasteiger partial charge in [0.15, 0.2) is 0 Å². The molecule has 2 aromatic rings. The van der Waals surface area contributed by atoms with Gasteiger partial charge in [-0.1, -0.05) is 37.3 Å². The topological polar surface area (TPSA) is 40.6 Å². The number of rotatable bonds is 5. The molecule has 0 spiro atoms. The predicted molar refractivity (Wildman–Crippen MR) is 91.3 cm³/mol. The average molecular weight is 329 g/mol. The lowest BCUT2D eigenvalue weighted by molar-refractivity contribution is -0.00500. The van der Waals surface area contributed by atoms with Crippen LogP contribution >= 0.6 is 11.6 Å². The van der Waals surface area contributed by atoms with Crippen LogP contribution in [-0.4, -0.2) is 33.9 Å². The van der Waals surface area contributed by atoms with Gasteiger partial charge in [-0.25, -0.2) is 0 Å². The van der Waals surface area contributed by atoms with E-state index in [1.807, 2.05) is 31.2 Å². The van der Waals surface area contributed by atoms with Crippen molar-refractivity contribution < 1.29 is 9.59 Å². The molecule has 1 atom stereocenters. The van der Waals surface area contributed by atoms with Gasteiger partial charge in [-0.05, 0) is 23.9 Å². The highest BCUT2D eigenvalue weighted by molar-refractivity contribution is 6.26. The normalized spacial score (nSPS) is 15.3. The van der Waals surface area contributed by atoms with Gasteiger partial charge in [0, 0.05) is 11.9 Å². The van der Waals surface area contributed by atoms with E-state index in [1.165, 1.54) is 0 Å². The lowest BCUT2D eigenvalue weighted by Crippen LogP contribution is -2.54. The minimum atomic E-state index is -0.467. The molecule has 0 saturated heterocycles. The minimum absolute atomic E-state index is 0.317. The molecular weight excluding hydrogens is 312 g/mol. The number of benzene rings is 2. The standard InChI is InChI=1S/C18H17ClN2O2/c1-3-11-20(15(19)4-2)21-17(22)13-9-5-7-12-8-6-10-14(16(12)13)18(21)23/h3,5-10,15H,1,4,11H2,2H3. The Morgan fingerprint density at radius 2 is 1.74 bits per heavy atom. The maximum atomic E-state index is 12.9. The van der Waals surface area contributed by atoms with Gasteiger partial charge in [-0.2, -0.15) is 10.0 Å². The highest BCUT2D eigenvalue weighted by Crippen LogP contribution is 2.31. The van der Waals surface area contributed by atoms with E-state index in [4.69, 9.17) is 11.6 Å². The minimum Gasteiger partial charge on any atom is -0.267 e. The van der Waals surface area contributed by atoms with Crippen LogP contribution in [0.1, 0.15) is 34.1 Å². The van der Waals surface area contributed by atoms with Crippen LogP contribution in [0.25, 0.3) is 10.8 Å². The number of alkyl halides is 1. The molecule has 0 saturated carbocycles. The fourth-order valence-electron chi connectivity index (χ4n) is 2.92. The Bertz CT molecular complexity index is 752. The van der Waals surface area contributed by atoms with E-state index in [2.05, 4.69) is 6.58 Å². The first-order valence-electron chi connectivity index (χ1n) is 7.52. The van der Waals surface area contributed by atoms with Crippen molar-refractivity contribution in [2.45, 2.75) is 18.8 Å². The van der Waals surface area contributed by atoms with Gasteiger partial charge < -0.3 is 0 Å². The van der Waals surface area contributed by atoms with Gasteiger partial charge in [-0.15, -0.1) is 18.2 Å². The number of hydrazine groups is 1. The lowest BCUT2D eigenvalue weighted by atomic mass is 9.95. The van der Waals surface area contributed by atoms with Crippen molar-refractivity contribution in [2.24, 2.45) is 0 Å². The van der Waals surface area contributed by atoms with E-state index in [0.29, 0.717) is 29.5 Å². The molecule has 118 valence electrons. The number of halogens is 1. The summed E-state index contributed by atoms with van der Waals surface area (Å²) >= 11 is 6.34. The first kappa shape index (κ1) is 15.7. The molecule has 0 aliphatic carbocycles. The van der Waals surface area contributed by atoms with Crippen molar-refractivity contribution >= 4 is 34.2 Å². The summed E-state index contributed by atoms with van der Waals surface area (Å²) in [7, 11) is 0. The predicted octanol–water partition coefficient (Wildman–Crippen LogP) is 3.81. The molecule has 0 aromatic heterocycles. The van der Waals surface area contributed by atoms with E-state index >= 15 is 0 Å². The van der Waals surface area contributed by atoms with Crippen LogP contribution in [0.15, 0.2) is 49.1 Å². The lowest BCUT2D eigenvalue weighted by Gasteiger charge is -2.37. The highest BCUT2D eigenvalue weighted by Gasteiger charge is 2.38. The summed E-state index contributed by atoms with van der Waals surface area (Å²) in [6.45, 7) is 5.92. The second kappa shape index (κ2) is 6.14. The number of carbonyl (C=O) groups is 2. The number of hydrogen-bond donors (Lipinski definition) is 0. The van der Waals surface area contributed by atoms with Crippen LogP contribution in [0.4, 0.5) is 0 Å². The molecule has 2 amide bonds. The third-order valence-corrected chi connectivity index (χ3v) is 4.52. The number of hydrogen-bond acceptors (Lipinski definition) is 3. The first-order valence-corrected chi connectivity index (χ1v) is 7.95. The van der Waals surface area contributed by atoms with Crippen LogP contribution in [0, 0.1) is 0 Å². The molecule has 2 aromatic carbocycles. The molecule has 1 heterocycles. The molecule has 1 unspecified atom stereocenters. The zero-order valence-electron chi connectivity index (χ0n) is 12.8. The zero-order chi connectivity index (χ0) is 16.6. The van der Waals surface area contributed by atoms with E-state index in [9.17, 15) is 9.59 Å². The molecule has 5 heteroatoms. The fraction of sp³-hybridized carbons (Fsp3) is 0.222. The van der Waals surface area contributed by atoms with Crippen LogP contribution in [0.5, 0.6) is 0 Å². The van der Waals surface area contributed by atoms with Crippen molar-refractivity contribution in [3.63, 3.8) is 0 Å². The molecule has 1 aliphatic heterocycles. The highest BCUT2D eigenvalue weighted by atomic mass is 35.5. The molecule has 0 bridgehead atoms. The zero-order valence-corrected chi connectivity index (χ0v) is 13.6. The third kappa shape index (κ3) is 2.44. The van der Waals surface area contributed by atoms with Crippen LogP contribution in [-0.2, 0) is 0 Å². The fourth-order valence-corrected chi connectivity index (χ4v) is 3.08. The molecular formula is C18H17ClN2O2. The SMILES string of the molecule is C=CCN(C(Cl)CC)N1C(=O)c2cccc3cccc(c23)C1=O. The van der Waals surface area contributed by atoms with Gasteiger partial charge in [0.1, 0.15) is 5.50 Å². The summed E-state index contributed by atoms with van der Waals surface area (Å²) in [5.41, 5.74) is 0.573. The summed E-state index contributed by atoms with van der Waals surface area (Å²) in [5, 5.41) is 4.31. The van der Waals surface area contributed by atoms with Crippen LogP contribution in [0.2, 0.25) is 0 Å². The summed E-state index contributed by atoms with van der Waals surface area (Å²) in [4.78, 5) is 25.8. The van der Waals surface area contributed by atoms with Crippen molar-refractivity contribution in [1.82, 2.24) is 10.0 Å². The molecule has 0 fully saturated rings. The monoisotopic (exact) mass is 328 g/mol. The average Bonchev–Trinajstić information content (AvgIpc) is 2.58. The maximum Gasteiger partial charge on any atom is 0.276 e. The smallest absolute Gasteiger partial charge is 0.267 e. The molecule has 0 radical (unpaired) electrons. The van der Waals surface area contributed by atoms with Gasteiger partial charge >= 0.3 is 0 Å². The van der Waals surface area contributed by atoms with Gasteiger partial charge in [-0.3, -0.25) is 9.59 Å². The van der Waals surface area contributed by atoms with E-state index < -0.39 is 5.50 Å². The Labute approximate surface area is 139 Å². The van der Waals surface area contributed by atoms with Gasteiger partial charge in [0.05, 0.1) is 11.1 Å². The van der Waals surface area contributed by atoms with Gasteiger partial charge in [0.25, 0.3) is 11.8 Å². The van der Waals surface area contributed by atoms with E-state index in [1.54, 1.807) is 23.2 Å². The Morgan fingerprint density at radius 1 is 1.17 bits per heavy atom. The van der Waals surface area contributed by atoms with Crippen LogP contribution in [0.3, 0.4) is 0 Å². The Hall–Kier alpha value is -2.17. The molecule has 0 N–H and O–H groups in total. The van der Waals surface area contributed by atoms with E-state index in [-0.39, 0.29) is 11.8 Å². The molecule has 23 heavy (non-hydrogen) atoms. The number of nitrogens with zero attached hydrogens (tertiary/aromatic N) is 2. The van der Waals surface area contributed by atoms with Crippen molar-refractivity contribution in [3.05, 3.63) is 60.2 Å². The summed E-state index contributed by atoms with van der Waals surface area (Å²) in [5.74, 6) is -0.694. The summed E-state index contributed by atoms with van der Waals surface area (Å²) in [6, 6.07) is 10.9. The van der Waals surface area contributed by atoms with Crippen molar-refractivity contribution in [2.75, 3.05) is 6.54 Å². The van der Waals surface area contributed by atoms with Crippen molar-refractivity contribution in [3.8, 4) is 0 Å².